The fourth-order valence-corrected chi connectivity index (χ4v) is 3.55. The van der Waals surface area contributed by atoms with Crippen LogP contribution in [0, 0.1) is 13.8 Å². The molecule has 0 fully saturated rings. The van der Waals surface area contributed by atoms with E-state index in [9.17, 15) is 5.11 Å². The molecule has 124 valence electrons. The number of aryl methyl sites for hydroxylation is 2. The number of benzene rings is 1. The normalized spacial score (nSPS) is 20.4. The Balaban J connectivity index is 2.61. The Hall–Kier alpha value is -1.87. The smallest absolute Gasteiger partial charge is 0.220 e. The average Bonchev–Trinajstić information content (AvgIpc) is 2.48. The van der Waals surface area contributed by atoms with Crippen LogP contribution in [0.3, 0.4) is 0 Å². The van der Waals surface area contributed by atoms with Crippen molar-refractivity contribution < 1.29 is 14.4 Å². The zero-order valence-corrected chi connectivity index (χ0v) is 14.7. The number of aliphatic hydroxyl groups excluding tert-OH is 1. The van der Waals surface area contributed by atoms with Crippen molar-refractivity contribution in [1.29, 1.82) is 0 Å². The van der Waals surface area contributed by atoms with Crippen LogP contribution in [0.5, 0.6) is 0 Å². The number of aliphatic hydroxyl groups is 1. The summed E-state index contributed by atoms with van der Waals surface area (Å²) in [5.74, 6) is 0.364. The van der Waals surface area contributed by atoms with Crippen molar-refractivity contribution in [3.63, 3.8) is 0 Å². The number of allylic oxidation sites excluding steroid dienone is 1. The predicted molar refractivity (Wildman–Crippen MR) is 95.6 cm³/mol. The minimum Gasteiger partial charge on any atom is -0.506 e. The quantitative estimate of drug-likeness (QED) is 0.629. The molecule has 1 aliphatic rings. The maximum Gasteiger partial charge on any atom is 0.220 e. The molecule has 2 atom stereocenters. The average molecular weight is 314 g/mol. The number of nitrogens with zero attached hydrogens (tertiary/aromatic N) is 1. The van der Waals surface area contributed by atoms with Gasteiger partial charge < -0.3 is 9.84 Å². The van der Waals surface area contributed by atoms with Crippen LogP contribution >= 0.6 is 0 Å². The van der Waals surface area contributed by atoms with Gasteiger partial charge in [-0.25, -0.2) is 0 Å². The topological polar surface area (TPSA) is 32.5 Å². The fourth-order valence-electron chi connectivity index (χ4n) is 3.55. The number of methoxy groups -OCH3 is 1. The molecule has 2 unspecified atom stereocenters. The van der Waals surface area contributed by atoms with Gasteiger partial charge in [0.15, 0.2) is 18.2 Å². The molecule has 1 aromatic carbocycles. The fraction of sp³-hybridized carbons (Fsp3) is 0.450. The second kappa shape index (κ2) is 7.60. The monoisotopic (exact) mass is 314 g/mol. The van der Waals surface area contributed by atoms with Crippen LogP contribution in [0.1, 0.15) is 47.9 Å². The van der Waals surface area contributed by atoms with Crippen molar-refractivity contribution in [2.45, 2.75) is 45.6 Å². The number of hydrogen-bond donors (Lipinski definition) is 1. The summed E-state index contributed by atoms with van der Waals surface area (Å²) < 4.78 is 7.40. The van der Waals surface area contributed by atoms with Gasteiger partial charge in [0.1, 0.15) is 0 Å². The van der Waals surface area contributed by atoms with E-state index >= 15 is 0 Å². The standard InChI is InChI=1S/C20H27NO2/c1-6-7-9-21-13-17-12-14(2)11-15(3)19(17)18(8-10-23-5)20(21)16(4)22/h7,9,11-13,18,20H,4,6,8,10H2,1-3,5H3/p+1/b9-7-. The predicted octanol–water partition coefficient (Wildman–Crippen LogP) is 4.23. The van der Waals surface area contributed by atoms with Crippen LogP contribution in [0.25, 0.3) is 0 Å². The van der Waals surface area contributed by atoms with E-state index in [1.165, 1.54) is 22.3 Å². The second-order valence-corrected chi connectivity index (χ2v) is 6.28. The van der Waals surface area contributed by atoms with Crippen molar-refractivity contribution in [1.82, 2.24) is 0 Å². The molecule has 1 heterocycles. The van der Waals surface area contributed by atoms with Gasteiger partial charge in [-0.2, -0.15) is 4.58 Å². The Kier molecular flexibility index (Phi) is 5.78. The first-order valence-electron chi connectivity index (χ1n) is 8.26. The van der Waals surface area contributed by atoms with Crippen molar-refractivity contribution in [2.24, 2.45) is 0 Å². The molecule has 0 aliphatic carbocycles. The van der Waals surface area contributed by atoms with Gasteiger partial charge in [-0.05, 0) is 50.0 Å². The third-order valence-electron chi connectivity index (χ3n) is 4.41. The molecule has 0 saturated heterocycles. The van der Waals surface area contributed by atoms with Gasteiger partial charge in [0.2, 0.25) is 6.04 Å². The lowest BCUT2D eigenvalue weighted by Gasteiger charge is -2.29. The number of hydrogen-bond acceptors (Lipinski definition) is 2. The molecular formula is C20H28NO2+. The third-order valence-corrected chi connectivity index (χ3v) is 4.41. The molecule has 3 nitrogen and oxygen atoms in total. The summed E-state index contributed by atoms with van der Waals surface area (Å²) in [6.07, 6.45) is 8.08. The SMILES string of the molecule is C=C(O)C1C(CCOC)c2c(C)cc(C)cc2C=[N+]1/C=C\CC. The van der Waals surface area contributed by atoms with E-state index in [0.717, 1.165) is 12.8 Å². The molecule has 1 aliphatic heterocycles. The van der Waals surface area contributed by atoms with Gasteiger partial charge in [-0.1, -0.05) is 25.1 Å². The summed E-state index contributed by atoms with van der Waals surface area (Å²) in [5, 5.41) is 10.3. The first kappa shape index (κ1) is 17.5. The molecule has 3 heteroatoms. The first-order valence-corrected chi connectivity index (χ1v) is 8.26. The summed E-state index contributed by atoms with van der Waals surface area (Å²) in [5.41, 5.74) is 5.04. The lowest BCUT2D eigenvalue weighted by molar-refractivity contribution is -0.496. The molecular weight excluding hydrogens is 286 g/mol. The Morgan fingerprint density at radius 1 is 1.39 bits per heavy atom. The molecule has 2 rings (SSSR count). The van der Waals surface area contributed by atoms with Crippen molar-refractivity contribution in [3.8, 4) is 0 Å². The summed E-state index contributed by atoms with van der Waals surface area (Å²) >= 11 is 0. The minimum atomic E-state index is -0.151. The van der Waals surface area contributed by atoms with Gasteiger partial charge in [-0.3, -0.25) is 0 Å². The second-order valence-electron chi connectivity index (χ2n) is 6.28. The van der Waals surface area contributed by atoms with Crippen LogP contribution < -0.4 is 0 Å². The minimum absolute atomic E-state index is 0.151. The number of rotatable bonds is 6. The van der Waals surface area contributed by atoms with Crippen molar-refractivity contribution in [2.75, 3.05) is 13.7 Å². The van der Waals surface area contributed by atoms with E-state index in [1.807, 2.05) is 6.20 Å². The van der Waals surface area contributed by atoms with E-state index in [1.54, 1.807) is 7.11 Å². The van der Waals surface area contributed by atoms with Crippen LogP contribution in [0.2, 0.25) is 0 Å². The molecule has 0 aromatic heterocycles. The molecule has 1 N–H and O–H groups in total. The highest BCUT2D eigenvalue weighted by Gasteiger charge is 2.39. The molecule has 0 spiro atoms. The zero-order valence-electron chi connectivity index (χ0n) is 14.7. The van der Waals surface area contributed by atoms with Gasteiger partial charge in [0.05, 0.1) is 5.92 Å². The van der Waals surface area contributed by atoms with Gasteiger partial charge >= 0.3 is 0 Å². The summed E-state index contributed by atoms with van der Waals surface area (Å²) in [6, 6.07) is 4.27. The Bertz CT molecular complexity index is 643. The molecule has 0 saturated carbocycles. The van der Waals surface area contributed by atoms with E-state index < -0.39 is 0 Å². The van der Waals surface area contributed by atoms with Crippen LogP contribution in [0.4, 0.5) is 0 Å². The number of ether oxygens (including phenoxy) is 1. The highest BCUT2D eigenvalue weighted by atomic mass is 16.5. The first-order chi connectivity index (χ1) is 11.0. The molecule has 1 aromatic rings. The molecule has 0 bridgehead atoms. The molecule has 23 heavy (non-hydrogen) atoms. The van der Waals surface area contributed by atoms with E-state index in [-0.39, 0.29) is 17.7 Å². The maximum atomic E-state index is 10.3. The highest BCUT2D eigenvalue weighted by molar-refractivity contribution is 5.81. The van der Waals surface area contributed by atoms with Crippen molar-refractivity contribution in [3.05, 3.63) is 59.0 Å². The van der Waals surface area contributed by atoms with Crippen LogP contribution in [-0.2, 0) is 4.74 Å². The molecule has 0 amide bonds. The van der Waals surface area contributed by atoms with E-state index in [4.69, 9.17) is 4.74 Å². The largest absolute Gasteiger partial charge is 0.506 e. The Morgan fingerprint density at radius 2 is 2.13 bits per heavy atom. The van der Waals surface area contributed by atoms with Gasteiger partial charge in [0, 0.05) is 19.3 Å². The lowest BCUT2D eigenvalue weighted by atomic mass is 9.79. The van der Waals surface area contributed by atoms with E-state index in [2.05, 4.69) is 56.3 Å². The van der Waals surface area contributed by atoms with Crippen LogP contribution in [0.15, 0.2) is 36.7 Å². The molecule has 0 radical (unpaired) electrons. The summed E-state index contributed by atoms with van der Waals surface area (Å²) in [4.78, 5) is 0. The summed E-state index contributed by atoms with van der Waals surface area (Å²) in [7, 11) is 1.72. The summed E-state index contributed by atoms with van der Waals surface area (Å²) in [6.45, 7) is 10.9. The van der Waals surface area contributed by atoms with Gasteiger partial charge in [0.25, 0.3) is 0 Å². The van der Waals surface area contributed by atoms with E-state index in [0.29, 0.717) is 6.61 Å². The Morgan fingerprint density at radius 3 is 2.74 bits per heavy atom. The third kappa shape index (κ3) is 3.73. The van der Waals surface area contributed by atoms with Crippen LogP contribution in [-0.4, -0.2) is 35.7 Å². The van der Waals surface area contributed by atoms with Crippen molar-refractivity contribution >= 4 is 6.21 Å². The highest BCUT2D eigenvalue weighted by Crippen LogP contribution is 2.36. The van der Waals surface area contributed by atoms with Gasteiger partial charge in [-0.15, -0.1) is 0 Å². The Labute approximate surface area is 139 Å². The zero-order chi connectivity index (χ0) is 17.0. The number of fused-ring (bicyclic) bond motifs is 1. The lowest BCUT2D eigenvalue weighted by Crippen LogP contribution is -2.37. The maximum absolute atomic E-state index is 10.3.